The van der Waals surface area contributed by atoms with Crippen molar-refractivity contribution >= 4 is 51.4 Å². The first-order chi connectivity index (χ1) is 11.1. The third kappa shape index (κ3) is 3.49. The van der Waals surface area contributed by atoms with Gasteiger partial charge in [0.1, 0.15) is 21.9 Å². The van der Waals surface area contributed by atoms with Crippen molar-refractivity contribution in [3.63, 3.8) is 0 Å². The quantitative estimate of drug-likeness (QED) is 0.683. The molecular weight excluding hydrogens is 346 g/mol. The number of nitrogens with zero attached hydrogens (tertiary/aromatic N) is 2. The van der Waals surface area contributed by atoms with Crippen molar-refractivity contribution in [2.75, 3.05) is 11.9 Å². The first-order valence-corrected chi connectivity index (χ1v) is 8.16. The van der Waals surface area contributed by atoms with Crippen LogP contribution in [0, 0.1) is 13.8 Å². The number of anilines is 2. The van der Waals surface area contributed by atoms with Crippen LogP contribution >= 0.6 is 23.7 Å². The molecule has 0 aliphatic rings. The van der Waals surface area contributed by atoms with Crippen LogP contribution in [0.3, 0.4) is 0 Å². The van der Waals surface area contributed by atoms with Gasteiger partial charge >= 0.3 is 5.97 Å². The predicted octanol–water partition coefficient (Wildman–Crippen LogP) is 4.65. The highest BCUT2D eigenvalue weighted by atomic mass is 35.5. The fourth-order valence-corrected chi connectivity index (χ4v) is 3.46. The Labute approximate surface area is 150 Å². The molecule has 0 radical (unpaired) electrons. The minimum absolute atomic E-state index is 0. The lowest BCUT2D eigenvalue weighted by atomic mass is 10.2. The number of thiophene rings is 1. The number of carbonyl (C=O) groups excluding carboxylic acids is 1. The van der Waals surface area contributed by atoms with Gasteiger partial charge in [-0.2, -0.15) is 0 Å². The molecule has 3 aromatic rings. The highest BCUT2D eigenvalue weighted by molar-refractivity contribution is 7.20. The number of fused-ring (bicyclic) bond motifs is 1. The lowest BCUT2D eigenvalue weighted by molar-refractivity contribution is 0.0531. The Morgan fingerprint density at radius 3 is 2.79 bits per heavy atom. The predicted molar refractivity (Wildman–Crippen MR) is 99.8 cm³/mol. The third-order valence-corrected chi connectivity index (χ3v) is 4.65. The fourth-order valence-electron chi connectivity index (χ4n) is 2.42. The van der Waals surface area contributed by atoms with Crippen molar-refractivity contribution < 1.29 is 9.53 Å². The van der Waals surface area contributed by atoms with Crippen molar-refractivity contribution in [2.24, 2.45) is 0 Å². The van der Waals surface area contributed by atoms with E-state index in [1.807, 2.05) is 38.1 Å². The molecule has 0 amide bonds. The first-order valence-electron chi connectivity index (χ1n) is 7.35. The van der Waals surface area contributed by atoms with Gasteiger partial charge in [-0.05, 0) is 44.0 Å². The zero-order chi connectivity index (χ0) is 16.4. The molecule has 0 bridgehead atoms. The SMILES string of the molecule is CCOC(=O)c1sc2ncnc(Nc3cccc(C)c3)c2c1C.Cl. The van der Waals surface area contributed by atoms with E-state index in [2.05, 4.69) is 15.3 Å². The van der Waals surface area contributed by atoms with Gasteiger partial charge in [-0.15, -0.1) is 23.7 Å². The van der Waals surface area contributed by atoms with Crippen molar-refractivity contribution in [3.05, 3.63) is 46.6 Å². The molecule has 2 heterocycles. The smallest absolute Gasteiger partial charge is 0.348 e. The highest BCUT2D eigenvalue weighted by Crippen LogP contribution is 2.34. The van der Waals surface area contributed by atoms with Crippen LogP contribution in [0.2, 0.25) is 0 Å². The van der Waals surface area contributed by atoms with E-state index >= 15 is 0 Å². The number of ether oxygens (including phenoxy) is 1. The molecule has 7 heteroatoms. The van der Waals surface area contributed by atoms with E-state index in [0.717, 1.165) is 27.0 Å². The summed E-state index contributed by atoms with van der Waals surface area (Å²) in [6.07, 6.45) is 1.51. The standard InChI is InChI=1S/C17H17N3O2S.ClH/c1-4-22-17(21)14-11(3)13-15(18-9-19-16(13)23-14)20-12-7-5-6-10(2)8-12;/h5-9H,4H2,1-3H3,(H,18,19,20);1H. The Morgan fingerprint density at radius 1 is 1.29 bits per heavy atom. The maximum Gasteiger partial charge on any atom is 0.348 e. The summed E-state index contributed by atoms with van der Waals surface area (Å²) in [7, 11) is 0. The second-order valence-electron chi connectivity index (χ2n) is 5.17. The van der Waals surface area contributed by atoms with Gasteiger partial charge in [0.2, 0.25) is 0 Å². The van der Waals surface area contributed by atoms with Gasteiger partial charge in [0.15, 0.2) is 0 Å². The monoisotopic (exact) mass is 363 g/mol. The molecule has 24 heavy (non-hydrogen) atoms. The van der Waals surface area contributed by atoms with Crippen molar-refractivity contribution in [1.82, 2.24) is 9.97 Å². The van der Waals surface area contributed by atoms with Gasteiger partial charge in [0.05, 0.1) is 12.0 Å². The summed E-state index contributed by atoms with van der Waals surface area (Å²) in [6, 6.07) is 8.05. The fraction of sp³-hybridized carbons (Fsp3) is 0.235. The second kappa shape index (κ2) is 7.59. The number of benzene rings is 1. The summed E-state index contributed by atoms with van der Waals surface area (Å²) in [5.41, 5.74) is 2.96. The molecule has 0 fully saturated rings. The van der Waals surface area contributed by atoms with Crippen molar-refractivity contribution in [3.8, 4) is 0 Å². The Balaban J connectivity index is 0.00000208. The van der Waals surface area contributed by atoms with Gasteiger partial charge in [-0.1, -0.05) is 12.1 Å². The van der Waals surface area contributed by atoms with E-state index in [-0.39, 0.29) is 18.4 Å². The first kappa shape index (κ1) is 18.2. The molecule has 1 N–H and O–H groups in total. The number of esters is 1. The summed E-state index contributed by atoms with van der Waals surface area (Å²) in [5, 5.41) is 4.18. The van der Waals surface area contributed by atoms with Crippen LogP contribution in [-0.2, 0) is 4.74 Å². The van der Waals surface area contributed by atoms with Gasteiger partial charge in [-0.25, -0.2) is 14.8 Å². The molecular formula is C17H18ClN3O2S. The zero-order valence-electron chi connectivity index (χ0n) is 13.6. The van der Waals surface area contributed by atoms with E-state index in [9.17, 15) is 4.79 Å². The Bertz CT molecular complexity index is 879. The molecule has 5 nitrogen and oxygen atoms in total. The molecule has 126 valence electrons. The number of halogens is 1. The Morgan fingerprint density at radius 2 is 2.08 bits per heavy atom. The van der Waals surface area contributed by atoms with Crippen LogP contribution in [-0.4, -0.2) is 22.5 Å². The van der Waals surface area contributed by atoms with Crippen LogP contribution < -0.4 is 5.32 Å². The zero-order valence-corrected chi connectivity index (χ0v) is 15.3. The van der Waals surface area contributed by atoms with E-state index < -0.39 is 0 Å². The van der Waals surface area contributed by atoms with Gasteiger partial charge < -0.3 is 10.1 Å². The molecule has 0 saturated carbocycles. The maximum absolute atomic E-state index is 12.1. The molecule has 0 spiro atoms. The number of rotatable bonds is 4. The normalized spacial score (nSPS) is 10.3. The van der Waals surface area contributed by atoms with Crippen molar-refractivity contribution in [1.29, 1.82) is 0 Å². The van der Waals surface area contributed by atoms with E-state index in [4.69, 9.17) is 4.74 Å². The van der Waals surface area contributed by atoms with Crippen LogP contribution in [0.25, 0.3) is 10.2 Å². The number of aromatic nitrogens is 2. The molecule has 3 rings (SSSR count). The van der Waals surface area contributed by atoms with Crippen LogP contribution in [0.15, 0.2) is 30.6 Å². The number of nitrogens with one attached hydrogen (secondary N) is 1. The number of aryl methyl sites for hydroxylation is 2. The van der Waals surface area contributed by atoms with Crippen LogP contribution in [0.1, 0.15) is 27.7 Å². The highest BCUT2D eigenvalue weighted by Gasteiger charge is 2.20. The van der Waals surface area contributed by atoms with Crippen LogP contribution in [0.5, 0.6) is 0 Å². The third-order valence-electron chi connectivity index (χ3n) is 3.47. The number of hydrogen-bond acceptors (Lipinski definition) is 6. The minimum Gasteiger partial charge on any atom is -0.462 e. The molecule has 0 aliphatic carbocycles. The maximum atomic E-state index is 12.1. The average Bonchev–Trinajstić information content (AvgIpc) is 2.86. The molecule has 0 unspecified atom stereocenters. The van der Waals surface area contributed by atoms with Crippen LogP contribution in [0.4, 0.5) is 11.5 Å². The van der Waals surface area contributed by atoms with Gasteiger partial charge in [0.25, 0.3) is 0 Å². The average molecular weight is 364 g/mol. The second-order valence-corrected chi connectivity index (χ2v) is 6.17. The molecule has 0 saturated heterocycles. The molecule has 0 atom stereocenters. The number of hydrogen-bond donors (Lipinski definition) is 1. The molecule has 0 aliphatic heterocycles. The number of carbonyl (C=O) groups is 1. The summed E-state index contributed by atoms with van der Waals surface area (Å²) < 4.78 is 5.12. The minimum atomic E-state index is -0.311. The summed E-state index contributed by atoms with van der Waals surface area (Å²) in [6.45, 7) is 6.09. The van der Waals surface area contributed by atoms with E-state index in [0.29, 0.717) is 17.3 Å². The summed E-state index contributed by atoms with van der Waals surface area (Å²) in [5.74, 6) is 0.388. The Kier molecular flexibility index (Phi) is 5.75. The van der Waals surface area contributed by atoms with Gasteiger partial charge in [-0.3, -0.25) is 0 Å². The molecule has 1 aromatic carbocycles. The summed E-state index contributed by atoms with van der Waals surface area (Å²) in [4.78, 5) is 22.0. The van der Waals surface area contributed by atoms with E-state index in [1.165, 1.54) is 17.7 Å². The van der Waals surface area contributed by atoms with E-state index in [1.54, 1.807) is 6.92 Å². The van der Waals surface area contributed by atoms with Crippen molar-refractivity contribution in [2.45, 2.75) is 20.8 Å². The largest absolute Gasteiger partial charge is 0.462 e. The lowest BCUT2D eigenvalue weighted by Crippen LogP contribution is -2.03. The summed E-state index contributed by atoms with van der Waals surface area (Å²) >= 11 is 1.33. The Hall–Kier alpha value is -2.18. The van der Waals surface area contributed by atoms with Gasteiger partial charge in [0, 0.05) is 5.69 Å². The lowest BCUT2D eigenvalue weighted by Gasteiger charge is -2.08. The molecule has 2 aromatic heterocycles. The topological polar surface area (TPSA) is 64.1 Å².